The Kier molecular flexibility index (Phi) is 2.14. The van der Waals surface area contributed by atoms with Crippen molar-refractivity contribution < 1.29 is 9.84 Å². The van der Waals surface area contributed by atoms with Gasteiger partial charge in [0.2, 0.25) is 0 Å². The summed E-state index contributed by atoms with van der Waals surface area (Å²) in [6, 6.07) is 19.6. The summed E-state index contributed by atoms with van der Waals surface area (Å²) in [5, 5.41) is 12.8. The van der Waals surface area contributed by atoms with E-state index in [0.29, 0.717) is 0 Å². The van der Waals surface area contributed by atoms with E-state index in [2.05, 4.69) is 0 Å². The van der Waals surface area contributed by atoms with E-state index in [1.807, 2.05) is 60.7 Å². The van der Waals surface area contributed by atoms with Gasteiger partial charge in [-0.2, -0.15) is 0 Å². The van der Waals surface area contributed by atoms with Gasteiger partial charge in [0.05, 0.1) is 0 Å². The Hall–Kier alpha value is -2.32. The molecule has 0 bridgehead atoms. The number of para-hydroxylation sites is 1. The molecule has 0 amide bonds. The molecule has 4 rings (SSSR count). The average Bonchev–Trinajstić information content (AvgIpc) is 2.47. The van der Waals surface area contributed by atoms with E-state index in [1.54, 1.807) is 0 Å². The van der Waals surface area contributed by atoms with Crippen molar-refractivity contribution in [3.05, 3.63) is 71.8 Å². The molecule has 92 valence electrons. The highest BCUT2D eigenvalue weighted by Gasteiger charge is 2.26. The third-order valence-electron chi connectivity index (χ3n) is 3.64. The smallest absolute Gasteiger partial charge is 0.134 e. The van der Waals surface area contributed by atoms with Crippen LogP contribution in [0.5, 0.6) is 11.5 Å². The molecule has 0 fully saturated rings. The van der Waals surface area contributed by atoms with E-state index >= 15 is 0 Å². The second-order valence-electron chi connectivity index (χ2n) is 4.74. The normalized spacial score (nSPS) is 16.6. The van der Waals surface area contributed by atoms with E-state index in [4.69, 9.17) is 4.74 Å². The maximum absolute atomic E-state index is 10.6. The predicted molar refractivity (Wildman–Crippen MR) is 74.5 cm³/mol. The van der Waals surface area contributed by atoms with E-state index in [-0.39, 0.29) is 0 Å². The summed E-state index contributed by atoms with van der Waals surface area (Å²) >= 11 is 0. The Morgan fingerprint density at radius 3 is 2.53 bits per heavy atom. The maximum Gasteiger partial charge on any atom is 0.134 e. The second kappa shape index (κ2) is 3.84. The molecule has 1 aliphatic rings. The molecule has 1 atom stereocenters. The monoisotopic (exact) mass is 248 g/mol. The lowest BCUT2D eigenvalue weighted by molar-refractivity contribution is 0.205. The molecule has 3 aromatic carbocycles. The molecule has 0 saturated carbocycles. The van der Waals surface area contributed by atoms with Crippen LogP contribution in [0.2, 0.25) is 0 Å². The Labute approximate surface area is 110 Å². The van der Waals surface area contributed by atoms with Crippen LogP contribution in [0, 0.1) is 0 Å². The molecule has 1 aliphatic heterocycles. The highest BCUT2D eigenvalue weighted by atomic mass is 16.5. The van der Waals surface area contributed by atoms with Crippen LogP contribution in [0.4, 0.5) is 0 Å². The lowest BCUT2D eigenvalue weighted by atomic mass is 9.92. The van der Waals surface area contributed by atoms with E-state index in [9.17, 15) is 5.11 Å². The number of ether oxygens (including phenoxy) is 1. The molecular formula is C17H12O2. The molecule has 1 unspecified atom stereocenters. The maximum atomic E-state index is 10.6. The third-order valence-corrected chi connectivity index (χ3v) is 3.64. The number of aliphatic hydroxyl groups excluding tert-OH is 1. The van der Waals surface area contributed by atoms with Crippen molar-refractivity contribution in [3.8, 4) is 11.5 Å². The van der Waals surface area contributed by atoms with Crippen LogP contribution in [0.15, 0.2) is 60.7 Å². The second-order valence-corrected chi connectivity index (χ2v) is 4.74. The predicted octanol–water partition coefficient (Wildman–Crippen LogP) is 4.03. The Morgan fingerprint density at radius 1 is 0.789 bits per heavy atom. The largest absolute Gasteiger partial charge is 0.457 e. The summed E-state index contributed by atoms with van der Waals surface area (Å²) < 4.78 is 5.90. The molecule has 2 heteroatoms. The fraction of sp³-hybridized carbons (Fsp3) is 0.0588. The van der Waals surface area contributed by atoms with Gasteiger partial charge >= 0.3 is 0 Å². The zero-order valence-corrected chi connectivity index (χ0v) is 10.2. The van der Waals surface area contributed by atoms with E-state index in [1.165, 1.54) is 0 Å². The summed E-state index contributed by atoms with van der Waals surface area (Å²) in [7, 11) is 0. The number of rotatable bonds is 0. The molecule has 0 radical (unpaired) electrons. The highest BCUT2D eigenvalue weighted by molar-refractivity contribution is 5.89. The van der Waals surface area contributed by atoms with Gasteiger partial charge in [-0.25, -0.2) is 0 Å². The Bertz CT molecular complexity index is 777. The standard InChI is InChI=1S/C17H12O2/c18-17-13-7-3-4-8-14(13)19-15-10-9-11-5-1-2-6-12(11)16(15)17/h1-10,17-18H. The van der Waals surface area contributed by atoms with E-state index in [0.717, 1.165) is 33.4 Å². The number of fused-ring (bicyclic) bond motifs is 4. The van der Waals surface area contributed by atoms with Crippen LogP contribution >= 0.6 is 0 Å². The number of hydrogen-bond donors (Lipinski definition) is 1. The summed E-state index contributed by atoms with van der Waals surface area (Å²) in [5.41, 5.74) is 1.68. The van der Waals surface area contributed by atoms with Gasteiger partial charge in [0, 0.05) is 11.1 Å². The molecule has 2 nitrogen and oxygen atoms in total. The minimum Gasteiger partial charge on any atom is -0.457 e. The minimum atomic E-state index is -0.633. The average molecular weight is 248 g/mol. The lowest BCUT2D eigenvalue weighted by Crippen LogP contribution is -2.09. The summed E-state index contributed by atoms with van der Waals surface area (Å²) in [4.78, 5) is 0. The van der Waals surface area contributed by atoms with Gasteiger partial charge in [-0.3, -0.25) is 0 Å². The zero-order valence-electron chi connectivity index (χ0n) is 10.2. The van der Waals surface area contributed by atoms with Crippen molar-refractivity contribution in [1.29, 1.82) is 0 Å². The highest BCUT2D eigenvalue weighted by Crippen LogP contribution is 2.45. The third kappa shape index (κ3) is 1.47. The number of aliphatic hydroxyl groups is 1. The van der Waals surface area contributed by atoms with Gasteiger partial charge < -0.3 is 9.84 Å². The van der Waals surface area contributed by atoms with Crippen molar-refractivity contribution in [3.63, 3.8) is 0 Å². The van der Waals surface area contributed by atoms with Crippen molar-refractivity contribution in [2.24, 2.45) is 0 Å². The molecule has 0 aromatic heterocycles. The zero-order chi connectivity index (χ0) is 12.8. The fourth-order valence-corrected chi connectivity index (χ4v) is 2.72. The molecule has 1 N–H and O–H groups in total. The molecule has 3 aromatic rings. The molecular weight excluding hydrogens is 236 g/mol. The quantitative estimate of drug-likeness (QED) is 0.651. The van der Waals surface area contributed by atoms with Gasteiger partial charge in [-0.15, -0.1) is 0 Å². The van der Waals surface area contributed by atoms with Gasteiger partial charge in [0.1, 0.15) is 17.6 Å². The Balaban J connectivity index is 2.04. The van der Waals surface area contributed by atoms with Crippen LogP contribution in [-0.2, 0) is 0 Å². The topological polar surface area (TPSA) is 29.5 Å². The van der Waals surface area contributed by atoms with E-state index < -0.39 is 6.10 Å². The summed E-state index contributed by atoms with van der Waals surface area (Å²) in [5.74, 6) is 1.47. The SMILES string of the molecule is OC1c2ccccc2Oc2ccc3ccccc3c21. The first-order valence-corrected chi connectivity index (χ1v) is 6.31. The van der Waals surface area contributed by atoms with Crippen molar-refractivity contribution >= 4 is 10.8 Å². The van der Waals surface area contributed by atoms with Crippen LogP contribution in [-0.4, -0.2) is 5.11 Å². The number of benzene rings is 3. The van der Waals surface area contributed by atoms with Crippen molar-refractivity contribution in [2.45, 2.75) is 6.10 Å². The molecule has 19 heavy (non-hydrogen) atoms. The summed E-state index contributed by atoms with van der Waals surface area (Å²) in [6.45, 7) is 0. The van der Waals surface area contributed by atoms with Crippen molar-refractivity contribution in [1.82, 2.24) is 0 Å². The van der Waals surface area contributed by atoms with Gasteiger partial charge in [0.25, 0.3) is 0 Å². The number of hydrogen-bond acceptors (Lipinski definition) is 2. The lowest BCUT2D eigenvalue weighted by Gasteiger charge is -2.26. The van der Waals surface area contributed by atoms with Crippen LogP contribution in [0.3, 0.4) is 0 Å². The van der Waals surface area contributed by atoms with Gasteiger partial charge in [-0.1, -0.05) is 48.5 Å². The minimum absolute atomic E-state index is 0.633. The first kappa shape index (κ1) is 10.6. The molecule has 0 aliphatic carbocycles. The van der Waals surface area contributed by atoms with Crippen molar-refractivity contribution in [2.75, 3.05) is 0 Å². The van der Waals surface area contributed by atoms with Gasteiger partial charge in [-0.05, 0) is 22.9 Å². The first-order valence-electron chi connectivity index (χ1n) is 6.31. The van der Waals surface area contributed by atoms with Gasteiger partial charge in [0.15, 0.2) is 0 Å². The van der Waals surface area contributed by atoms with Crippen LogP contribution < -0.4 is 4.74 Å². The van der Waals surface area contributed by atoms with Crippen LogP contribution in [0.1, 0.15) is 17.2 Å². The fourth-order valence-electron chi connectivity index (χ4n) is 2.72. The first-order chi connectivity index (χ1) is 9.34. The molecule has 1 heterocycles. The summed E-state index contributed by atoms with van der Waals surface area (Å²) in [6.07, 6.45) is -0.633. The van der Waals surface area contributed by atoms with Crippen LogP contribution in [0.25, 0.3) is 10.8 Å². The molecule has 0 saturated heterocycles. The molecule has 0 spiro atoms. The Morgan fingerprint density at radius 2 is 1.58 bits per heavy atom.